The van der Waals surface area contributed by atoms with Crippen LogP contribution in [0.15, 0.2) is 18.2 Å². The highest BCUT2D eigenvalue weighted by molar-refractivity contribution is 7.21. The van der Waals surface area contributed by atoms with Crippen LogP contribution in [0.1, 0.15) is 53.9 Å². The maximum atomic E-state index is 12.7. The lowest BCUT2D eigenvalue weighted by atomic mass is 10.0. The van der Waals surface area contributed by atoms with E-state index in [1.807, 2.05) is 12.1 Å². The lowest BCUT2D eigenvalue weighted by Gasteiger charge is -2.16. The van der Waals surface area contributed by atoms with Crippen LogP contribution in [0, 0.1) is 11.8 Å². The van der Waals surface area contributed by atoms with E-state index in [2.05, 4.69) is 0 Å². The van der Waals surface area contributed by atoms with Crippen LogP contribution < -0.4 is 18.9 Å². The van der Waals surface area contributed by atoms with Crippen LogP contribution in [0.3, 0.4) is 0 Å². The predicted octanol–water partition coefficient (Wildman–Crippen LogP) is 6.32. The quantitative estimate of drug-likeness (QED) is 0.138. The van der Waals surface area contributed by atoms with Crippen LogP contribution in [0.2, 0.25) is 10.0 Å². The molecule has 0 bridgehead atoms. The number of thiophene rings is 1. The second-order valence-electron chi connectivity index (χ2n) is 10.7. The van der Waals surface area contributed by atoms with E-state index in [9.17, 15) is 19.2 Å². The Labute approximate surface area is 273 Å². The fourth-order valence-electron chi connectivity index (χ4n) is 4.80. The van der Waals surface area contributed by atoms with Gasteiger partial charge in [0.05, 0.1) is 53.9 Å². The molecule has 4 rings (SSSR count). The first-order chi connectivity index (χ1) is 21.4. The van der Waals surface area contributed by atoms with Gasteiger partial charge in [-0.1, -0.05) is 37.0 Å². The molecule has 14 heteroatoms. The molecule has 1 aliphatic heterocycles. The van der Waals surface area contributed by atoms with Gasteiger partial charge in [0.15, 0.2) is 28.8 Å². The highest BCUT2D eigenvalue weighted by Crippen LogP contribution is 2.50. The molecule has 0 aliphatic carbocycles. The van der Waals surface area contributed by atoms with Gasteiger partial charge in [0.2, 0.25) is 5.91 Å². The Morgan fingerprint density at radius 1 is 0.844 bits per heavy atom. The van der Waals surface area contributed by atoms with Crippen molar-refractivity contribution in [3.05, 3.63) is 44.2 Å². The van der Waals surface area contributed by atoms with Crippen molar-refractivity contribution in [3.8, 4) is 23.0 Å². The molecule has 0 saturated carbocycles. The van der Waals surface area contributed by atoms with Gasteiger partial charge in [-0.3, -0.25) is 19.2 Å². The van der Waals surface area contributed by atoms with E-state index in [4.69, 9.17) is 52.4 Å². The highest BCUT2D eigenvalue weighted by Gasteiger charge is 2.28. The summed E-state index contributed by atoms with van der Waals surface area (Å²) in [6, 6.07) is 5.23. The van der Waals surface area contributed by atoms with E-state index in [0.29, 0.717) is 46.0 Å². The molecule has 2 unspecified atom stereocenters. The molecule has 0 fully saturated rings. The van der Waals surface area contributed by atoms with E-state index in [-0.39, 0.29) is 59.3 Å². The average Bonchev–Trinajstić information content (AvgIpc) is 3.64. The summed E-state index contributed by atoms with van der Waals surface area (Å²) in [5.74, 6) is -2.80. The zero-order valence-corrected chi connectivity index (χ0v) is 27.4. The Hall–Kier alpha value is -3.74. The molecule has 242 valence electrons. The van der Waals surface area contributed by atoms with Gasteiger partial charge >= 0.3 is 11.9 Å². The number of ether oxygens (including phenoxy) is 4. The molecule has 2 aromatic carbocycles. The second kappa shape index (κ2) is 14.6. The number of carboxylic acid groups (broad SMARTS) is 2. The first-order valence-electron chi connectivity index (χ1n) is 14.1. The highest BCUT2D eigenvalue weighted by atomic mass is 35.5. The van der Waals surface area contributed by atoms with Crippen molar-refractivity contribution in [1.29, 1.82) is 0 Å². The molecule has 1 aliphatic rings. The molecule has 0 saturated heterocycles. The number of hydrogen-bond donors (Lipinski definition) is 2. The molecule has 1 amide bonds. The number of carbonyl (C=O) groups is 4. The number of aliphatic carboxylic acids is 2. The molecule has 2 N–H and O–H groups in total. The summed E-state index contributed by atoms with van der Waals surface area (Å²) in [4.78, 5) is 49.6. The van der Waals surface area contributed by atoms with Gasteiger partial charge in [-0.2, -0.15) is 0 Å². The third kappa shape index (κ3) is 7.57. The maximum absolute atomic E-state index is 12.7. The lowest BCUT2D eigenvalue weighted by Crippen LogP contribution is -2.28. The SMILES string of the molecule is COc1cc2c(cc1OCCCOc1c(OC)c(Cl)c3sc(C(=O)CC(C)C(=O)O)cc3c1Cl)CN(C(=O)CC(C)C(=O)O)C2. The van der Waals surface area contributed by atoms with Gasteiger partial charge in [0, 0.05) is 37.7 Å². The van der Waals surface area contributed by atoms with Crippen molar-refractivity contribution in [2.75, 3.05) is 27.4 Å². The van der Waals surface area contributed by atoms with Crippen LogP contribution >= 0.6 is 34.5 Å². The van der Waals surface area contributed by atoms with E-state index >= 15 is 0 Å². The third-order valence-corrected chi connectivity index (χ3v) is 9.46. The molecule has 1 aromatic heterocycles. The number of ketones is 1. The number of rotatable bonds is 15. The van der Waals surface area contributed by atoms with Crippen molar-refractivity contribution in [1.82, 2.24) is 4.90 Å². The zero-order chi connectivity index (χ0) is 33.0. The van der Waals surface area contributed by atoms with Crippen molar-refractivity contribution in [2.24, 2.45) is 11.8 Å². The molecular weight excluding hydrogens is 649 g/mol. The average molecular weight is 683 g/mol. The molecule has 0 spiro atoms. The Balaban J connectivity index is 1.40. The number of halogens is 2. The van der Waals surface area contributed by atoms with Crippen molar-refractivity contribution in [2.45, 2.75) is 46.2 Å². The first kappa shape index (κ1) is 34.1. The molecule has 45 heavy (non-hydrogen) atoms. The van der Waals surface area contributed by atoms with Gasteiger partial charge in [-0.15, -0.1) is 11.3 Å². The summed E-state index contributed by atoms with van der Waals surface area (Å²) in [6.45, 7) is 4.12. The molecule has 11 nitrogen and oxygen atoms in total. The topological polar surface area (TPSA) is 149 Å². The van der Waals surface area contributed by atoms with E-state index in [1.165, 1.54) is 28.1 Å². The van der Waals surface area contributed by atoms with Crippen LogP contribution in [-0.2, 0) is 27.5 Å². The molecule has 2 heterocycles. The van der Waals surface area contributed by atoms with E-state index in [0.717, 1.165) is 22.5 Å². The minimum Gasteiger partial charge on any atom is -0.493 e. The van der Waals surface area contributed by atoms with Crippen molar-refractivity contribution >= 4 is 68.3 Å². The zero-order valence-electron chi connectivity index (χ0n) is 25.1. The number of Topliss-reactive ketones (excluding diaryl/α,β-unsaturated/α-hetero) is 1. The smallest absolute Gasteiger partial charge is 0.306 e. The number of nitrogens with zero attached hydrogens (tertiary/aromatic N) is 1. The number of hydrogen-bond acceptors (Lipinski definition) is 9. The summed E-state index contributed by atoms with van der Waals surface area (Å²) in [6.07, 6.45) is 0.206. The number of amides is 1. The van der Waals surface area contributed by atoms with Gasteiger partial charge in [-0.25, -0.2) is 0 Å². The Kier molecular flexibility index (Phi) is 11.1. The molecule has 3 aromatic rings. The summed E-state index contributed by atoms with van der Waals surface area (Å²) < 4.78 is 23.5. The fourth-order valence-corrected chi connectivity index (χ4v) is 6.58. The number of carbonyl (C=O) groups excluding carboxylic acids is 2. The number of fused-ring (bicyclic) bond motifs is 2. The third-order valence-electron chi connectivity index (χ3n) is 7.42. The van der Waals surface area contributed by atoms with Gasteiger partial charge in [-0.05, 0) is 29.3 Å². The largest absolute Gasteiger partial charge is 0.493 e. The van der Waals surface area contributed by atoms with Crippen LogP contribution in [0.5, 0.6) is 23.0 Å². The number of methoxy groups -OCH3 is 2. The Morgan fingerprint density at radius 2 is 1.44 bits per heavy atom. The first-order valence-corrected chi connectivity index (χ1v) is 15.6. The summed E-state index contributed by atoms with van der Waals surface area (Å²) >= 11 is 14.4. The summed E-state index contributed by atoms with van der Waals surface area (Å²) in [5, 5.41) is 19.2. The van der Waals surface area contributed by atoms with Crippen LogP contribution in [0.25, 0.3) is 10.1 Å². The standard InChI is InChI=1S/C31H33Cl2NO10S/c1-15(30(37)38)8-20(35)23-12-19-25(32)28(27(42-4)26(33)29(19)45-23)44-7-5-6-43-22-11-18-14-34(13-17(18)10-21(22)41-3)24(36)9-16(2)31(39)40/h10-12,15-16H,5-9,13-14H2,1-4H3,(H,37,38)(H,39,40). The fraction of sp³-hybridized carbons (Fsp3) is 0.419. The number of benzene rings is 2. The second-order valence-corrected chi connectivity index (χ2v) is 12.5. The lowest BCUT2D eigenvalue weighted by molar-refractivity contribution is -0.145. The van der Waals surface area contributed by atoms with Gasteiger partial charge in [0.25, 0.3) is 0 Å². The Bertz CT molecular complexity index is 1640. The minimum atomic E-state index is -1.06. The maximum Gasteiger partial charge on any atom is 0.306 e. The molecule has 2 atom stereocenters. The summed E-state index contributed by atoms with van der Waals surface area (Å²) in [7, 11) is 2.95. The van der Waals surface area contributed by atoms with Crippen LogP contribution in [-0.4, -0.2) is 66.2 Å². The minimum absolute atomic E-state index is 0.0749. The normalized spacial score (nSPS) is 13.7. The van der Waals surface area contributed by atoms with Crippen LogP contribution in [0.4, 0.5) is 0 Å². The number of carboxylic acids is 2. The van der Waals surface area contributed by atoms with Gasteiger partial charge < -0.3 is 34.1 Å². The van der Waals surface area contributed by atoms with Gasteiger partial charge in [0.1, 0.15) is 5.02 Å². The molecule has 0 radical (unpaired) electrons. The van der Waals surface area contributed by atoms with E-state index < -0.39 is 23.8 Å². The van der Waals surface area contributed by atoms with Crippen molar-refractivity contribution < 1.29 is 48.3 Å². The molecular formula is C31H33Cl2NO10S. The monoisotopic (exact) mass is 681 g/mol. The Morgan fingerprint density at radius 3 is 2.04 bits per heavy atom. The van der Waals surface area contributed by atoms with Crippen molar-refractivity contribution in [3.63, 3.8) is 0 Å². The van der Waals surface area contributed by atoms with E-state index in [1.54, 1.807) is 11.0 Å². The summed E-state index contributed by atoms with van der Waals surface area (Å²) in [5.41, 5.74) is 1.80. The predicted molar refractivity (Wildman–Crippen MR) is 168 cm³/mol.